The molecule has 0 N–H and O–H groups in total. The van der Waals surface area contributed by atoms with E-state index in [1.165, 1.54) is 0 Å². The topological polar surface area (TPSA) is 0 Å². The molecule has 0 aliphatic rings. The summed E-state index contributed by atoms with van der Waals surface area (Å²) in [5.74, 6) is -1.09. The quantitative estimate of drug-likeness (QED) is 0.584. The third-order valence-corrected chi connectivity index (χ3v) is 1.59. The first kappa shape index (κ1) is 9.79. The number of alkyl halides is 3. The molecule has 0 heterocycles. The van der Waals surface area contributed by atoms with Gasteiger partial charge in [-0.15, -0.1) is 0 Å². The Bertz CT molecular complexity index is 85.3. The first-order valence-electron chi connectivity index (χ1n) is 3.59. The van der Waals surface area contributed by atoms with Gasteiger partial charge in [0.05, 0.1) is 5.92 Å². The fraction of sp³-hybridized carbons (Fsp3) is 1.00. The van der Waals surface area contributed by atoms with Gasteiger partial charge >= 0.3 is 6.18 Å². The van der Waals surface area contributed by atoms with E-state index >= 15 is 0 Å². The molecule has 0 aromatic rings. The molecule has 0 aliphatic heterocycles. The highest BCUT2D eigenvalue weighted by molar-refractivity contribution is 4.64. The predicted molar refractivity (Wildman–Crippen MR) is 34.7 cm³/mol. The van der Waals surface area contributed by atoms with Crippen molar-refractivity contribution in [2.75, 3.05) is 0 Å². The molecule has 0 aromatic carbocycles. The van der Waals surface area contributed by atoms with Gasteiger partial charge in [-0.25, -0.2) is 0 Å². The van der Waals surface area contributed by atoms with Crippen molar-refractivity contribution in [2.24, 2.45) is 5.92 Å². The van der Waals surface area contributed by atoms with Crippen LogP contribution < -0.4 is 0 Å². The molecule has 0 aromatic heterocycles. The fourth-order valence-electron chi connectivity index (χ4n) is 0.948. The molecule has 0 unspecified atom stereocenters. The maximum atomic E-state index is 11.9. The van der Waals surface area contributed by atoms with Crippen molar-refractivity contribution in [1.82, 2.24) is 0 Å². The first-order valence-corrected chi connectivity index (χ1v) is 3.59. The molecule has 0 radical (unpaired) electrons. The number of rotatable bonds is 3. The van der Waals surface area contributed by atoms with E-state index in [1.807, 2.05) is 0 Å². The fourth-order valence-corrected chi connectivity index (χ4v) is 0.948. The number of hydrogen-bond donors (Lipinski definition) is 0. The molecule has 0 spiro atoms. The van der Waals surface area contributed by atoms with Gasteiger partial charge in [0.15, 0.2) is 0 Å². The van der Waals surface area contributed by atoms with Crippen LogP contribution in [0.3, 0.4) is 0 Å². The van der Waals surface area contributed by atoms with Crippen LogP contribution in [-0.4, -0.2) is 6.18 Å². The monoisotopic (exact) mass is 154 g/mol. The summed E-state index contributed by atoms with van der Waals surface area (Å²) in [6.07, 6.45) is -2.90. The molecule has 0 rings (SSSR count). The van der Waals surface area contributed by atoms with Crippen molar-refractivity contribution in [2.45, 2.75) is 39.3 Å². The molecule has 0 aliphatic carbocycles. The largest absolute Gasteiger partial charge is 0.391 e. The highest BCUT2D eigenvalue weighted by Crippen LogP contribution is 2.31. The van der Waals surface area contributed by atoms with Gasteiger partial charge in [0.25, 0.3) is 0 Å². The maximum Gasteiger partial charge on any atom is 0.391 e. The van der Waals surface area contributed by atoms with Gasteiger partial charge in [-0.05, 0) is 12.8 Å². The lowest BCUT2D eigenvalue weighted by Gasteiger charge is -2.16. The lowest BCUT2D eigenvalue weighted by atomic mass is 10.0. The minimum absolute atomic E-state index is 0.206. The van der Waals surface area contributed by atoms with E-state index in [1.54, 1.807) is 13.8 Å². The Morgan fingerprint density at radius 1 is 1.20 bits per heavy atom. The SMILES string of the molecule is CCC[C@@H](CC)C(F)(F)F. The Hall–Kier alpha value is -0.210. The van der Waals surface area contributed by atoms with Crippen molar-refractivity contribution < 1.29 is 13.2 Å². The van der Waals surface area contributed by atoms with E-state index in [0.717, 1.165) is 0 Å². The van der Waals surface area contributed by atoms with E-state index in [0.29, 0.717) is 6.42 Å². The van der Waals surface area contributed by atoms with Crippen molar-refractivity contribution >= 4 is 0 Å². The molecular weight excluding hydrogens is 141 g/mol. The molecule has 62 valence electrons. The lowest BCUT2D eigenvalue weighted by Crippen LogP contribution is -2.21. The van der Waals surface area contributed by atoms with Crippen molar-refractivity contribution in [1.29, 1.82) is 0 Å². The maximum absolute atomic E-state index is 11.9. The van der Waals surface area contributed by atoms with Crippen LogP contribution in [0.2, 0.25) is 0 Å². The molecule has 0 nitrogen and oxygen atoms in total. The Morgan fingerprint density at radius 3 is 1.80 bits per heavy atom. The Kier molecular flexibility index (Phi) is 3.76. The average Bonchev–Trinajstić information content (AvgIpc) is 1.80. The summed E-state index contributed by atoms with van der Waals surface area (Å²) < 4.78 is 35.7. The van der Waals surface area contributed by atoms with Crippen LogP contribution >= 0.6 is 0 Å². The van der Waals surface area contributed by atoms with Gasteiger partial charge in [0.2, 0.25) is 0 Å². The predicted octanol–water partition coefficient (Wildman–Crippen LogP) is 3.38. The second kappa shape index (κ2) is 3.84. The summed E-state index contributed by atoms with van der Waals surface area (Å²) in [4.78, 5) is 0. The van der Waals surface area contributed by atoms with Crippen LogP contribution in [0.4, 0.5) is 13.2 Å². The van der Waals surface area contributed by atoms with Gasteiger partial charge in [0, 0.05) is 0 Å². The van der Waals surface area contributed by atoms with Gasteiger partial charge in [-0.2, -0.15) is 13.2 Å². The smallest absolute Gasteiger partial charge is 0.171 e. The van der Waals surface area contributed by atoms with Crippen LogP contribution in [0, 0.1) is 5.92 Å². The Labute approximate surface area is 59.4 Å². The third-order valence-electron chi connectivity index (χ3n) is 1.59. The molecule has 0 fully saturated rings. The molecular formula is C7H13F3. The third kappa shape index (κ3) is 3.08. The van der Waals surface area contributed by atoms with Gasteiger partial charge < -0.3 is 0 Å². The first-order chi connectivity index (χ1) is 4.52. The second-order valence-electron chi connectivity index (χ2n) is 2.44. The number of hydrogen-bond acceptors (Lipinski definition) is 0. The van der Waals surface area contributed by atoms with Gasteiger partial charge in [0.1, 0.15) is 0 Å². The standard InChI is InChI=1S/C7H13F3/c1-3-5-6(4-2)7(8,9)10/h6H,3-5H2,1-2H3/t6-/m1/s1. The van der Waals surface area contributed by atoms with Gasteiger partial charge in [-0.1, -0.05) is 20.3 Å². The zero-order valence-electron chi connectivity index (χ0n) is 6.33. The highest BCUT2D eigenvalue weighted by Gasteiger charge is 2.36. The summed E-state index contributed by atoms with van der Waals surface area (Å²) in [6, 6.07) is 0. The normalized spacial score (nSPS) is 15.3. The van der Waals surface area contributed by atoms with Crippen LogP contribution in [0.25, 0.3) is 0 Å². The lowest BCUT2D eigenvalue weighted by molar-refractivity contribution is -0.177. The summed E-state index contributed by atoms with van der Waals surface area (Å²) in [7, 11) is 0. The van der Waals surface area contributed by atoms with Crippen LogP contribution in [0.1, 0.15) is 33.1 Å². The van der Waals surface area contributed by atoms with E-state index in [2.05, 4.69) is 0 Å². The van der Waals surface area contributed by atoms with E-state index < -0.39 is 12.1 Å². The molecule has 10 heavy (non-hydrogen) atoms. The van der Waals surface area contributed by atoms with Crippen LogP contribution in [0.5, 0.6) is 0 Å². The van der Waals surface area contributed by atoms with Crippen molar-refractivity contribution in [3.63, 3.8) is 0 Å². The Balaban J connectivity index is 3.81. The zero-order chi connectivity index (χ0) is 8.20. The zero-order valence-corrected chi connectivity index (χ0v) is 6.33. The summed E-state index contributed by atoms with van der Waals surface area (Å²) in [5.41, 5.74) is 0. The molecule has 1 atom stereocenters. The minimum atomic E-state index is -3.98. The van der Waals surface area contributed by atoms with E-state index in [9.17, 15) is 13.2 Å². The van der Waals surface area contributed by atoms with Crippen LogP contribution in [-0.2, 0) is 0 Å². The van der Waals surface area contributed by atoms with Crippen LogP contribution in [0.15, 0.2) is 0 Å². The average molecular weight is 154 g/mol. The van der Waals surface area contributed by atoms with Crippen molar-refractivity contribution in [3.05, 3.63) is 0 Å². The molecule has 3 heteroatoms. The van der Waals surface area contributed by atoms with Crippen molar-refractivity contribution in [3.8, 4) is 0 Å². The molecule has 0 saturated heterocycles. The van der Waals surface area contributed by atoms with E-state index in [-0.39, 0.29) is 12.8 Å². The van der Waals surface area contributed by atoms with Gasteiger partial charge in [-0.3, -0.25) is 0 Å². The highest BCUT2D eigenvalue weighted by atomic mass is 19.4. The number of halogens is 3. The summed E-state index contributed by atoms with van der Waals surface area (Å²) in [6.45, 7) is 3.35. The Morgan fingerprint density at radius 2 is 1.70 bits per heavy atom. The minimum Gasteiger partial charge on any atom is -0.171 e. The molecule has 0 saturated carbocycles. The molecule has 0 amide bonds. The molecule has 0 bridgehead atoms. The van der Waals surface area contributed by atoms with E-state index in [4.69, 9.17) is 0 Å². The summed E-state index contributed by atoms with van der Waals surface area (Å²) >= 11 is 0. The second-order valence-corrected chi connectivity index (χ2v) is 2.44. The summed E-state index contributed by atoms with van der Waals surface area (Å²) in [5, 5.41) is 0.